The molecular formula is C12H25NOS. The summed E-state index contributed by atoms with van der Waals surface area (Å²) < 4.78 is 0. The van der Waals surface area contributed by atoms with Crippen molar-refractivity contribution in [3.8, 4) is 0 Å². The molecule has 2 atom stereocenters. The van der Waals surface area contributed by atoms with E-state index in [2.05, 4.69) is 26.2 Å². The number of hydrogen-bond donors (Lipinski definition) is 2. The molecule has 2 N–H and O–H groups in total. The van der Waals surface area contributed by atoms with Crippen molar-refractivity contribution in [1.29, 1.82) is 0 Å². The Morgan fingerprint density at radius 2 is 2.20 bits per heavy atom. The third kappa shape index (κ3) is 3.65. The van der Waals surface area contributed by atoms with Gasteiger partial charge in [-0.2, -0.15) is 11.8 Å². The van der Waals surface area contributed by atoms with Gasteiger partial charge in [-0.15, -0.1) is 0 Å². The third-order valence-electron chi connectivity index (χ3n) is 3.47. The Labute approximate surface area is 98.2 Å². The van der Waals surface area contributed by atoms with Crippen molar-refractivity contribution in [3.63, 3.8) is 0 Å². The maximum absolute atomic E-state index is 8.79. The molecule has 0 bridgehead atoms. The first kappa shape index (κ1) is 13.3. The van der Waals surface area contributed by atoms with Crippen LogP contribution in [0.1, 0.15) is 39.5 Å². The van der Waals surface area contributed by atoms with Crippen LogP contribution in [0, 0.1) is 5.41 Å². The largest absolute Gasteiger partial charge is 0.396 e. The van der Waals surface area contributed by atoms with Gasteiger partial charge in [0.15, 0.2) is 0 Å². The Kier molecular flexibility index (Phi) is 5.44. The molecule has 0 heterocycles. The molecule has 15 heavy (non-hydrogen) atoms. The zero-order valence-electron chi connectivity index (χ0n) is 10.3. The smallest absolute Gasteiger partial charge is 0.0438 e. The molecule has 0 aromatic rings. The predicted octanol–water partition coefficient (Wildman–Crippen LogP) is 2.27. The molecule has 0 aromatic heterocycles. The highest BCUT2D eigenvalue weighted by Gasteiger charge is 2.37. The van der Waals surface area contributed by atoms with Crippen LogP contribution >= 0.6 is 11.8 Å². The Balaban J connectivity index is 2.46. The van der Waals surface area contributed by atoms with Crippen LogP contribution < -0.4 is 5.32 Å². The van der Waals surface area contributed by atoms with Crippen molar-refractivity contribution in [1.82, 2.24) is 5.32 Å². The Morgan fingerprint density at radius 3 is 2.80 bits per heavy atom. The van der Waals surface area contributed by atoms with E-state index < -0.39 is 0 Å². The van der Waals surface area contributed by atoms with Gasteiger partial charge in [0.2, 0.25) is 0 Å². The predicted molar refractivity (Wildman–Crippen MR) is 68.4 cm³/mol. The van der Waals surface area contributed by atoms with Gasteiger partial charge in [0.25, 0.3) is 0 Å². The monoisotopic (exact) mass is 231 g/mol. The molecule has 2 nitrogen and oxygen atoms in total. The molecule has 1 aliphatic carbocycles. The van der Waals surface area contributed by atoms with Crippen molar-refractivity contribution in [2.45, 2.75) is 50.8 Å². The van der Waals surface area contributed by atoms with Crippen molar-refractivity contribution in [2.75, 3.05) is 19.4 Å². The Hall–Kier alpha value is 0.270. The van der Waals surface area contributed by atoms with Crippen molar-refractivity contribution < 1.29 is 5.11 Å². The van der Waals surface area contributed by atoms with Gasteiger partial charge in [0, 0.05) is 17.9 Å². The average Bonchev–Trinajstić information content (AvgIpc) is 2.17. The zero-order valence-corrected chi connectivity index (χ0v) is 11.1. The van der Waals surface area contributed by atoms with Crippen LogP contribution in [-0.4, -0.2) is 35.8 Å². The van der Waals surface area contributed by atoms with Crippen molar-refractivity contribution >= 4 is 11.8 Å². The number of rotatable bonds is 5. The lowest BCUT2D eigenvalue weighted by atomic mass is 9.73. The van der Waals surface area contributed by atoms with E-state index in [0.29, 0.717) is 18.1 Å². The fraction of sp³-hybridized carbons (Fsp3) is 1.00. The second-order valence-electron chi connectivity index (χ2n) is 5.13. The normalized spacial score (nSPS) is 30.4. The van der Waals surface area contributed by atoms with Crippen LogP contribution in [0.25, 0.3) is 0 Å². The number of aliphatic hydroxyl groups excluding tert-OH is 1. The number of nitrogens with one attached hydrogen (secondary N) is 1. The van der Waals surface area contributed by atoms with Crippen LogP contribution in [0.15, 0.2) is 0 Å². The summed E-state index contributed by atoms with van der Waals surface area (Å²) in [5, 5.41) is 13.0. The van der Waals surface area contributed by atoms with Crippen molar-refractivity contribution in [2.24, 2.45) is 5.41 Å². The molecule has 2 unspecified atom stereocenters. The van der Waals surface area contributed by atoms with Gasteiger partial charge in [-0.3, -0.25) is 0 Å². The minimum atomic E-state index is 0.327. The molecule has 0 spiro atoms. The molecule has 1 aliphatic rings. The van der Waals surface area contributed by atoms with Crippen molar-refractivity contribution in [3.05, 3.63) is 0 Å². The molecule has 0 aliphatic heterocycles. The van der Waals surface area contributed by atoms with Gasteiger partial charge in [-0.1, -0.05) is 20.3 Å². The minimum absolute atomic E-state index is 0.327. The minimum Gasteiger partial charge on any atom is -0.396 e. The van der Waals surface area contributed by atoms with E-state index in [1.54, 1.807) is 0 Å². The summed E-state index contributed by atoms with van der Waals surface area (Å²) in [4.78, 5) is 0. The summed E-state index contributed by atoms with van der Waals surface area (Å²) in [6, 6.07) is 0.620. The van der Waals surface area contributed by atoms with Gasteiger partial charge in [0.05, 0.1) is 0 Å². The van der Waals surface area contributed by atoms with Gasteiger partial charge in [0.1, 0.15) is 0 Å². The Morgan fingerprint density at radius 1 is 1.47 bits per heavy atom. The van der Waals surface area contributed by atoms with E-state index >= 15 is 0 Å². The molecule has 0 saturated heterocycles. The van der Waals surface area contributed by atoms with E-state index in [-0.39, 0.29) is 0 Å². The van der Waals surface area contributed by atoms with Gasteiger partial charge >= 0.3 is 0 Å². The maximum Gasteiger partial charge on any atom is 0.0438 e. The summed E-state index contributed by atoms with van der Waals surface area (Å²) in [5.74, 6) is 1.09. The molecule has 1 fully saturated rings. The number of hydrogen-bond acceptors (Lipinski definition) is 3. The third-order valence-corrected chi connectivity index (χ3v) is 4.93. The van der Waals surface area contributed by atoms with Gasteiger partial charge in [-0.25, -0.2) is 0 Å². The number of aliphatic hydroxyl groups is 1. The lowest BCUT2D eigenvalue weighted by molar-refractivity contribution is 0.182. The molecule has 3 heteroatoms. The summed E-state index contributed by atoms with van der Waals surface area (Å²) in [6.07, 6.45) is 4.93. The SMILES string of the molecule is CNC1C(SCCCO)CCCC1(C)C. The maximum atomic E-state index is 8.79. The molecule has 0 amide bonds. The lowest BCUT2D eigenvalue weighted by Crippen LogP contribution is -2.50. The topological polar surface area (TPSA) is 32.3 Å². The molecular weight excluding hydrogens is 206 g/mol. The highest BCUT2D eigenvalue weighted by Crippen LogP contribution is 2.40. The quantitative estimate of drug-likeness (QED) is 0.712. The standard InChI is InChI=1S/C12H25NOS/c1-12(2)7-4-6-10(11(12)13-3)15-9-5-8-14/h10-11,13-14H,4-9H2,1-3H3. The van der Waals surface area contributed by atoms with E-state index in [9.17, 15) is 0 Å². The van der Waals surface area contributed by atoms with E-state index in [0.717, 1.165) is 17.4 Å². The molecule has 1 saturated carbocycles. The fourth-order valence-electron chi connectivity index (χ4n) is 2.64. The fourth-order valence-corrected chi connectivity index (χ4v) is 4.27. The highest BCUT2D eigenvalue weighted by molar-refractivity contribution is 7.99. The second kappa shape index (κ2) is 6.12. The van der Waals surface area contributed by atoms with Gasteiger partial charge in [-0.05, 0) is 37.5 Å². The lowest BCUT2D eigenvalue weighted by Gasteiger charge is -2.43. The summed E-state index contributed by atoms with van der Waals surface area (Å²) in [7, 11) is 2.08. The molecule has 0 radical (unpaired) electrons. The second-order valence-corrected chi connectivity index (χ2v) is 6.48. The molecule has 1 rings (SSSR count). The summed E-state index contributed by atoms with van der Waals surface area (Å²) in [5.41, 5.74) is 0.421. The van der Waals surface area contributed by atoms with Crippen LogP contribution in [0.5, 0.6) is 0 Å². The van der Waals surface area contributed by atoms with E-state index in [1.807, 2.05) is 11.8 Å². The van der Waals surface area contributed by atoms with Crippen LogP contribution in [-0.2, 0) is 0 Å². The first-order chi connectivity index (χ1) is 7.11. The zero-order chi connectivity index (χ0) is 11.3. The first-order valence-electron chi connectivity index (χ1n) is 6.01. The van der Waals surface area contributed by atoms with Crippen LogP contribution in [0.3, 0.4) is 0 Å². The van der Waals surface area contributed by atoms with Gasteiger partial charge < -0.3 is 10.4 Å². The van der Waals surface area contributed by atoms with Crippen LogP contribution in [0.2, 0.25) is 0 Å². The molecule has 90 valence electrons. The first-order valence-corrected chi connectivity index (χ1v) is 7.06. The Bertz CT molecular complexity index is 184. The van der Waals surface area contributed by atoms with E-state index in [4.69, 9.17) is 5.11 Å². The average molecular weight is 231 g/mol. The molecule has 0 aromatic carbocycles. The number of thioether (sulfide) groups is 1. The van der Waals surface area contributed by atoms with E-state index in [1.165, 1.54) is 19.3 Å². The van der Waals surface area contributed by atoms with Crippen LogP contribution in [0.4, 0.5) is 0 Å². The summed E-state index contributed by atoms with van der Waals surface area (Å²) in [6.45, 7) is 5.06. The summed E-state index contributed by atoms with van der Waals surface area (Å²) >= 11 is 2.03. The highest BCUT2D eigenvalue weighted by atomic mass is 32.2.